The molecule has 0 spiro atoms. The van der Waals surface area contributed by atoms with Gasteiger partial charge in [0.25, 0.3) is 5.69 Å². The van der Waals surface area contributed by atoms with Crippen LogP contribution < -0.4 is 0 Å². The Kier molecular flexibility index (Phi) is 4.22. The van der Waals surface area contributed by atoms with E-state index in [9.17, 15) is 10.1 Å². The minimum Gasteiger partial charge on any atom is -0.472 e. The van der Waals surface area contributed by atoms with Crippen LogP contribution in [-0.4, -0.2) is 42.8 Å². The molecule has 1 aromatic carbocycles. The number of rotatable bonds is 4. The second-order valence-corrected chi connectivity index (χ2v) is 7.05. The van der Waals surface area contributed by atoms with E-state index in [1.54, 1.807) is 12.5 Å². The smallest absolute Gasteiger partial charge is 0.287 e. The molecule has 2 aliphatic heterocycles. The molecule has 0 bridgehead atoms. The molecule has 4 rings (SSSR count). The van der Waals surface area contributed by atoms with Gasteiger partial charge in [0, 0.05) is 11.1 Å². The Bertz CT molecular complexity index is 898. The molecule has 6 nitrogen and oxygen atoms in total. The molecule has 0 aromatic heterocycles. The van der Waals surface area contributed by atoms with Gasteiger partial charge in [-0.1, -0.05) is 30.3 Å². The highest BCUT2D eigenvalue weighted by molar-refractivity contribution is 5.96. The van der Waals surface area contributed by atoms with Gasteiger partial charge in [-0.2, -0.15) is 0 Å². The van der Waals surface area contributed by atoms with Crippen LogP contribution in [0.1, 0.15) is 5.56 Å². The van der Waals surface area contributed by atoms with Gasteiger partial charge >= 0.3 is 0 Å². The van der Waals surface area contributed by atoms with Gasteiger partial charge in [0.2, 0.25) is 0 Å². The molecule has 0 amide bonds. The molecule has 0 saturated carbocycles. The van der Waals surface area contributed by atoms with E-state index in [-0.39, 0.29) is 10.6 Å². The van der Waals surface area contributed by atoms with Crippen molar-refractivity contribution in [3.8, 4) is 22.3 Å². The number of likely N-dealkylation sites (N-methyl/N-ethyl adjacent to an activating group) is 1. The number of hydrogen-bond acceptors (Lipinski definition) is 4. The number of fused-ring (bicyclic) bond motifs is 1. The normalized spacial score (nSPS) is 16.7. The van der Waals surface area contributed by atoms with Crippen molar-refractivity contribution in [2.45, 2.75) is 6.54 Å². The number of nitrogens with zero attached hydrogens (tertiary/aromatic N) is 2. The number of quaternary nitrogens is 1. The Morgan fingerprint density at radius 2 is 1.85 bits per heavy atom. The fraction of sp³-hybridized carbons (Fsp3) is 0.300. The second-order valence-electron chi connectivity index (χ2n) is 7.05. The van der Waals surface area contributed by atoms with Crippen LogP contribution in [0.25, 0.3) is 22.3 Å². The summed E-state index contributed by atoms with van der Waals surface area (Å²) in [7, 11) is 2.14. The molecule has 134 valence electrons. The van der Waals surface area contributed by atoms with Crippen molar-refractivity contribution in [2.75, 3.05) is 33.4 Å². The van der Waals surface area contributed by atoms with Crippen molar-refractivity contribution in [3.63, 3.8) is 0 Å². The first-order chi connectivity index (χ1) is 12.6. The number of ether oxygens (including phenoxy) is 1. The third-order valence-electron chi connectivity index (χ3n) is 5.24. The molecule has 1 aromatic rings. The van der Waals surface area contributed by atoms with Crippen LogP contribution in [0.4, 0.5) is 5.69 Å². The summed E-state index contributed by atoms with van der Waals surface area (Å²) in [6.07, 6.45) is 3.21. The monoisotopic (exact) mass is 353 g/mol. The third-order valence-corrected chi connectivity index (χ3v) is 5.24. The van der Waals surface area contributed by atoms with Gasteiger partial charge in [-0.25, -0.2) is 0 Å². The standard InChI is InChI=1S/C20H21N2O4/c1-22(8-11-25-12-9-22)13-17-16-7-10-26-14-18(16)19(20(17)21(23)24)15-5-3-2-4-6-15/h2-7,10,14H,8-9,11-13H2,1H3/q+1. The highest BCUT2D eigenvalue weighted by Gasteiger charge is 2.37. The zero-order valence-corrected chi connectivity index (χ0v) is 14.7. The summed E-state index contributed by atoms with van der Waals surface area (Å²) in [6.45, 7) is 3.67. The molecule has 0 unspecified atom stereocenters. The van der Waals surface area contributed by atoms with Gasteiger partial charge in [-0.05, 0) is 11.6 Å². The van der Waals surface area contributed by atoms with E-state index in [1.807, 2.05) is 36.4 Å². The van der Waals surface area contributed by atoms with Gasteiger partial charge in [-0.3, -0.25) is 10.1 Å². The summed E-state index contributed by atoms with van der Waals surface area (Å²) in [5, 5.41) is 12.1. The lowest BCUT2D eigenvalue weighted by molar-refractivity contribution is -0.929. The van der Waals surface area contributed by atoms with Crippen LogP contribution in [-0.2, 0) is 11.3 Å². The minimum atomic E-state index is -0.246. The van der Waals surface area contributed by atoms with Gasteiger partial charge in [-0.15, -0.1) is 0 Å². The molecule has 0 radical (unpaired) electrons. The molecule has 26 heavy (non-hydrogen) atoms. The second kappa shape index (κ2) is 6.55. The third kappa shape index (κ3) is 2.87. The van der Waals surface area contributed by atoms with Crippen molar-refractivity contribution in [3.05, 3.63) is 64.6 Å². The predicted octanol–water partition coefficient (Wildman–Crippen LogP) is 3.94. The van der Waals surface area contributed by atoms with Gasteiger partial charge < -0.3 is 13.6 Å². The van der Waals surface area contributed by atoms with E-state index in [4.69, 9.17) is 9.15 Å². The zero-order chi connectivity index (χ0) is 18.1. The summed E-state index contributed by atoms with van der Waals surface area (Å²) in [4.78, 5) is 11.8. The Hall–Kier alpha value is -2.70. The molecular formula is C20H21N2O4+. The topological polar surface area (TPSA) is 65.5 Å². The molecule has 0 atom stereocenters. The first-order valence-electron chi connectivity index (χ1n) is 8.71. The Labute approximate surface area is 151 Å². The lowest BCUT2D eigenvalue weighted by Gasteiger charge is -2.37. The summed E-state index contributed by atoms with van der Waals surface area (Å²) >= 11 is 0. The van der Waals surface area contributed by atoms with E-state index in [2.05, 4.69) is 7.05 Å². The minimum absolute atomic E-state index is 0.193. The first kappa shape index (κ1) is 16.8. The number of benzene rings is 1. The van der Waals surface area contributed by atoms with Crippen molar-refractivity contribution in [1.29, 1.82) is 0 Å². The van der Waals surface area contributed by atoms with Crippen LogP contribution in [0.5, 0.6) is 0 Å². The molecule has 2 heterocycles. The van der Waals surface area contributed by atoms with Crippen molar-refractivity contribution >= 4 is 5.69 Å². The van der Waals surface area contributed by atoms with Crippen LogP contribution in [0, 0.1) is 10.1 Å². The fourth-order valence-corrected chi connectivity index (χ4v) is 3.81. The highest BCUT2D eigenvalue weighted by atomic mass is 16.6. The molecule has 6 heteroatoms. The number of nitro groups is 1. The average molecular weight is 353 g/mol. The van der Waals surface area contributed by atoms with E-state index < -0.39 is 0 Å². The number of morpholine rings is 1. The summed E-state index contributed by atoms with van der Waals surface area (Å²) in [6, 6.07) is 11.4. The Morgan fingerprint density at radius 3 is 2.54 bits per heavy atom. The van der Waals surface area contributed by atoms with Crippen molar-refractivity contribution < 1.29 is 18.6 Å². The SMILES string of the molecule is C[N+]1(Cc2c3ccocc-3c(-c3ccccc3)c2[N+](=O)[O-])CCOCC1. The number of hydrogen-bond donors (Lipinski definition) is 0. The summed E-state index contributed by atoms with van der Waals surface area (Å²) in [5.41, 5.74) is 4.14. The van der Waals surface area contributed by atoms with E-state index in [0.717, 1.165) is 39.8 Å². The predicted molar refractivity (Wildman–Crippen MR) is 97.9 cm³/mol. The van der Waals surface area contributed by atoms with E-state index in [1.165, 1.54) is 0 Å². The molecule has 1 saturated heterocycles. The van der Waals surface area contributed by atoms with Crippen LogP contribution in [0.2, 0.25) is 0 Å². The largest absolute Gasteiger partial charge is 0.472 e. The molecule has 1 aliphatic carbocycles. The van der Waals surface area contributed by atoms with Crippen LogP contribution >= 0.6 is 0 Å². The average Bonchev–Trinajstić information content (AvgIpc) is 2.97. The summed E-state index contributed by atoms with van der Waals surface area (Å²) in [5.74, 6) is 0. The molecule has 0 N–H and O–H groups in total. The highest BCUT2D eigenvalue weighted by Crippen LogP contribution is 2.48. The maximum Gasteiger partial charge on any atom is 0.287 e. The Morgan fingerprint density at radius 1 is 1.12 bits per heavy atom. The molecule has 3 aliphatic rings. The molecular weight excluding hydrogens is 332 g/mol. The van der Waals surface area contributed by atoms with E-state index >= 15 is 0 Å². The van der Waals surface area contributed by atoms with Gasteiger partial charge in [0.05, 0.1) is 48.8 Å². The van der Waals surface area contributed by atoms with Gasteiger partial charge in [0.15, 0.2) is 0 Å². The van der Waals surface area contributed by atoms with Crippen LogP contribution in [0.3, 0.4) is 0 Å². The lowest BCUT2D eigenvalue weighted by Crippen LogP contribution is -2.51. The maximum atomic E-state index is 12.1. The first-order valence-corrected chi connectivity index (χ1v) is 8.71. The van der Waals surface area contributed by atoms with Crippen molar-refractivity contribution in [1.82, 2.24) is 0 Å². The van der Waals surface area contributed by atoms with Crippen LogP contribution in [0.15, 0.2) is 53.3 Å². The van der Waals surface area contributed by atoms with Gasteiger partial charge in [0.1, 0.15) is 19.6 Å². The lowest BCUT2D eigenvalue weighted by atomic mass is 10.0. The Balaban J connectivity index is 1.92. The van der Waals surface area contributed by atoms with Crippen molar-refractivity contribution in [2.24, 2.45) is 0 Å². The zero-order valence-electron chi connectivity index (χ0n) is 14.7. The quantitative estimate of drug-likeness (QED) is 0.405. The fourth-order valence-electron chi connectivity index (χ4n) is 3.81. The van der Waals surface area contributed by atoms with E-state index in [0.29, 0.717) is 25.3 Å². The molecule has 1 fully saturated rings. The maximum absolute atomic E-state index is 12.1. The summed E-state index contributed by atoms with van der Waals surface area (Å²) < 4.78 is 11.6.